The molecule has 0 aromatic carbocycles. The maximum absolute atomic E-state index is 5.80. The minimum atomic E-state index is -0.212. The summed E-state index contributed by atoms with van der Waals surface area (Å²) in [7, 11) is 0. The second-order valence-electron chi connectivity index (χ2n) is 5.26. The molecule has 0 saturated carbocycles. The molecule has 1 aliphatic heterocycles. The van der Waals surface area contributed by atoms with Crippen LogP contribution >= 0.6 is 0 Å². The van der Waals surface area contributed by atoms with Crippen LogP contribution in [0.1, 0.15) is 47.0 Å². The lowest BCUT2D eigenvalue weighted by Gasteiger charge is -2.40. The Morgan fingerprint density at radius 2 is 2.27 bits per heavy atom. The van der Waals surface area contributed by atoms with Crippen LogP contribution in [0.3, 0.4) is 0 Å². The standard InChI is InChI=1S/C13H23NO/c1-6-12(3,4)14-11-8-9-15-13(5,7-2)10-11/h1,11,14H,7-10H2,2-5H3. The third-order valence-electron chi connectivity index (χ3n) is 3.27. The average molecular weight is 209 g/mol. The zero-order chi connectivity index (χ0) is 11.5. The summed E-state index contributed by atoms with van der Waals surface area (Å²) in [6.45, 7) is 9.29. The first-order chi connectivity index (χ1) is 6.91. The van der Waals surface area contributed by atoms with Crippen molar-refractivity contribution in [1.82, 2.24) is 5.32 Å². The molecule has 1 heterocycles. The molecule has 15 heavy (non-hydrogen) atoms. The monoisotopic (exact) mass is 209 g/mol. The Labute approximate surface area is 93.8 Å². The lowest BCUT2D eigenvalue weighted by Crippen LogP contribution is -2.51. The fourth-order valence-corrected chi connectivity index (χ4v) is 2.05. The van der Waals surface area contributed by atoms with Gasteiger partial charge in [-0.05, 0) is 40.0 Å². The van der Waals surface area contributed by atoms with Crippen molar-refractivity contribution in [2.45, 2.75) is 64.1 Å². The fourth-order valence-electron chi connectivity index (χ4n) is 2.05. The van der Waals surface area contributed by atoms with Gasteiger partial charge in [0.2, 0.25) is 0 Å². The molecule has 0 amide bonds. The van der Waals surface area contributed by atoms with E-state index in [9.17, 15) is 0 Å². The highest BCUT2D eigenvalue weighted by atomic mass is 16.5. The van der Waals surface area contributed by atoms with Gasteiger partial charge < -0.3 is 4.74 Å². The number of hydrogen-bond donors (Lipinski definition) is 1. The van der Waals surface area contributed by atoms with Crippen molar-refractivity contribution in [2.24, 2.45) is 0 Å². The Balaban J connectivity index is 2.55. The predicted octanol–water partition coefficient (Wildman–Crippen LogP) is 2.34. The Kier molecular flexibility index (Phi) is 3.81. The zero-order valence-corrected chi connectivity index (χ0v) is 10.4. The van der Waals surface area contributed by atoms with Crippen molar-refractivity contribution >= 4 is 0 Å². The molecule has 0 bridgehead atoms. The van der Waals surface area contributed by atoms with E-state index in [-0.39, 0.29) is 11.1 Å². The highest BCUT2D eigenvalue weighted by molar-refractivity contribution is 5.09. The van der Waals surface area contributed by atoms with Crippen LogP contribution in [0.5, 0.6) is 0 Å². The van der Waals surface area contributed by atoms with E-state index in [2.05, 4.69) is 25.1 Å². The number of rotatable bonds is 3. The van der Waals surface area contributed by atoms with Crippen LogP contribution in [0.15, 0.2) is 0 Å². The number of ether oxygens (including phenoxy) is 1. The minimum absolute atomic E-state index is 0.0284. The maximum Gasteiger partial charge on any atom is 0.0743 e. The van der Waals surface area contributed by atoms with Crippen molar-refractivity contribution in [3.8, 4) is 12.3 Å². The fraction of sp³-hybridized carbons (Fsp3) is 0.846. The lowest BCUT2D eigenvalue weighted by molar-refractivity contribution is -0.0796. The average Bonchev–Trinajstić information content (AvgIpc) is 2.17. The SMILES string of the molecule is C#CC(C)(C)NC1CCOC(C)(CC)C1. The molecular weight excluding hydrogens is 186 g/mol. The highest BCUT2D eigenvalue weighted by Crippen LogP contribution is 2.28. The summed E-state index contributed by atoms with van der Waals surface area (Å²) >= 11 is 0. The van der Waals surface area contributed by atoms with Gasteiger partial charge in [-0.3, -0.25) is 5.32 Å². The quantitative estimate of drug-likeness (QED) is 0.720. The Morgan fingerprint density at radius 1 is 1.60 bits per heavy atom. The summed E-state index contributed by atoms with van der Waals surface area (Å²) in [6, 6.07) is 0.481. The molecule has 1 N–H and O–H groups in total. The van der Waals surface area contributed by atoms with Gasteiger partial charge in [0.05, 0.1) is 11.1 Å². The molecule has 1 rings (SSSR count). The Hall–Kier alpha value is -0.520. The molecule has 0 aromatic rings. The predicted molar refractivity (Wildman–Crippen MR) is 63.7 cm³/mol. The topological polar surface area (TPSA) is 21.3 Å². The van der Waals surface area contributed by atoms with Crippen LogP contribution < -0.4 is 5.32 Å². The normalized spacial score (nSPS) is 32.3. The molecule has 2 nitrogen and oxygen atoms in total. The van der Waals surface area contributed by atoms with Gasteiger partial charge in [-0.15, -0.1) is 6.42 Å². The van der Waals surface area contributed by atoms with Gasteiger partial charge in [-0.2, -0.15) is 0 Å². The number of hydrogen-bond acceptors (Lipinski definition) is 2. The van der Waals surface area contributed by atoms with E-state index in [4.69, 9.17) is 11.2 Å². The van der Waals surface area contributed by atoms with Crippen molar-refractivity contribution < 1.29 is 4.74 Å². The molecule has 0 spiro atoms. The molecule has 2 unspecified atom stereocenters. The lowest BCUT2D eigenvalue weighted by atomic mass is 9.88. The first kappa shape index (κ1) is 12.5. The summed E-state index contributed by atoms with van der Waals surface area (Å²) in [5.41, 5.74) is -0.183. The molecule has 0 radical (unpaired) electrons. The largest absolute Gasteiger partial charge is 0.375 e. The van der Waals surface area contributed by atoms with Crippen LogP contribution in [0.4, 0.5) is 0 Å². The summed E-state index contributed by atoms with van der Waals surface area (Å²) in [5, 5.41) is 3.52. The molecule has 0 aliphatic carbocycles. The van der Waals surface area contributed by atoms with Gasteiger partial charge in [0, 0.05) is 12.6 Å². The highest BCUT2D eigenvalue weighted by Gasteiger charge is 2.33. The van der Waals surface area contributed by atoms with E-state index in [0.717, 1.165) is 25.9 Å². The van der Waals surface area contributed by atoms with Crippen LogP contribution in [-0.4, -0.2) is 23.8 Å². The van der Waals surface area contributed by atoms with Crippen LogP contribution in [0.2, 0.25) is 0 Å². The molecule has 1 saturated heterocycles. The number of nitrogens with one attached hydrogen (secondary N) is 1. The number of terminal acetylenes is 1. The maximum atomic E-state index is 5.80. The molecule has 1 aliphatic rings. The Morgan fingerprint density at radius 3 is 2.80 bits per heavy atom. The van der Waals surface area contributed by atoms with Gasteiger partial charge >= 0.3 is 0 Å². The third kappa shape index (κ3) is 3.52. The van der Waals surface area contributed by atoms with E-state index >= 15 is 0 Å². The zero-order valence-electron chi connectivity index (χ0n) is 10.4. The summed E-state index contributed by atoms with van der Waals surface area (Å²) in [6.07, 6.45) is 8.64. The van der Waals surface area contributed by atoms with Crippen molar-refractivity contribution in [3.63, 3.8) is 0 Å². The van der Waals surface area contributed by atoms with Gasteiger partial charge in [0.25, 0.3) is 0 Å². The first-order valence-electron chi connectivity index (χ1n) is 5.80. The van der Waals surface area contributed by atoms with Gasteiger partial charge in [0.15, 0.2) is 0 Å². The van der Waals surface area contributed by atoms with E-state index in [1.54, 1.807) is 0 Å². The third-order valence-corrected chi connectivity index (χ3v) is 3.27. The summed E-state index contributed by atoms with van der Waals surface area (Å²) < 4.78 is 5.80. The van der Waals surface area contributed by atoms with Crippen molar-refractivity contribution in [2.75, 3.05) is 6.61 Å². The minimum Gasteiger partial charge on any atom is -0.375 e. The summed E-state index contributed by atoms with van der Waals surface area (Å²) in [4.78, 5) is 0. The van der Waals surface area contributed by atoms with Crippen LogP contribution in [0.25, 0.3) is 0 Å². The second kappa shape index (κ2) is 4.55. The van der Waals surface area contributed by atoms with E-state index in [1.165, 1.54) is 0 Å². The molecule has 86 valence electrons. The Bertz CT molecular complexity index is 254. The molecular formula is C13H23NO. The summed E-state index contributed by atoms with van der Waals surface area (Å²) in [5.74, 6) is 2.78. The van der Waals surface area contributed by atoms with Gasteiger partial charge in [0.1, 0.15) is 0 Å². The second-order valence-corrected chi connectivity index (χ2v) is 5.26. The van der Waals surface area contributed by atoms with E-state index in [0.29, 0.717) is 6.04 Å². The van der Waals surface area contributed by atoms with Crippen LogP contribution in [0, 0.1) is 12.3 Å². The van der Waals surface area contributed by atoms with Gasteiger partial charge in [-0.25, -0.2) is 0 Å². The van der Waals surface area contributed by atoms with Crippen molar-refractivity contribution in [1.29, 1.82) is 0 Å². The first-order valence-corrected chi connectivity index (χ1v) is 5.80. The molecule has 1 fully saturated rings. The molecule has 0 aromatic heterocycles. The van der Waals surface area contributed by atoms with E-state index < -0.39 is 0 Å². The van der Waals surface area contributed by atoms with E-state index in [1.807, 2.05) is 13.8 Å². The van der Waals surface area contributed by atoms with Crippen LogP contribution in [-0.2, 0) is 4.74 Å². The molecule has 2 heteroatoms. The van der Waals surface area contributed by atoms with Gasteiger partial charge in [-0.1, -0.05) is 12.8 Å². The van der Waals surface area contributed by atoms with Crippen molar-refractivity contribution in [3.05, 3.63) is 0 Å². The molecule has 2 atom stereocenters. The smallest absolute Gasteiger partial charge is 0.0743 e.